The lowest BCUT2D eigenvalue weighted by Crippen LogP contribution is -2.42. The van der Waals surface area contributed by atoms with Crippen LogP contribution in [-0.4, -0.2) is 29.2 Å². The molecule has 1 spiro atoms. The summed E-state index contributed by atoms with van der Waals surface area (Å²) in [5.41, 5.74) is 2.02. The second-order valence-electron chi connectivity index (χ2n) is 7.89. The minimum absolute atomic E-state index is 0.172. The number of amides is 1. The SMILES string of the molecule is CC(C)(C)C1(c2ccc(Br)cc2)CC12CCN(C(=O)O)CC2. The van der Waals surface area contributed by atoms with Crippen molar-refractivity contribution in [3.63, 3.8) is 0 Å². The first-order valence-corrected chi connectivity index (χ1v) is 8.75. The van der Waals surface area contributed by atoms with E-state index in [0.29, 0.717) is 13.1 Å². The Kier molecular flexibility index (Phi) is 3.59. The summed E-state index contributed by atoms with van der Waals surface area (Å²) in [5.74, 6) is 0. The van der Waals surface area contributed by atoms with Gasteiger partial charge in [0.1, 0.15) is 0 Å². The van der Waals surface area contributed by atoms with Crippen LogP contribution in [0.1, 0.15) is 45.6 Å². The molecule has 4 heteroatoms. The van der Waals surface area contributed by atoms with Crippen molar-refractivity contribution < 1.29 is 9.90 Å². The molecule has 1 aliphatic heterocycles. The van der Waals surface area contributed by atoms with Crippen molar-refractivity contribution in [3.8, 4) is 0 Å². The minimum atomic E-state index is -0.777. The maximum atomic E-state index is 11.2. The van der Waals surface area contributed by atoms with Crippen LogP contribution in [0.5, 0.6) is 0 Å². The summed E-state index contributed by atoms with van der Waals surface area (Å²) in [4.78, 5) is 12.7. The van der Waals surface area contributed by atoms with Gasteiger partial charge in [-0.1, -0.05) is 48.8 Å². The fourth-order valence-electron chi connectivity index (χ4n) is 4.83. The molecule has 3 rings (SSSR count). The van der Waals surface area contributed by atoms with Gasteiger partial charge in [0.25, 0.3) is 0 Å². The lowest BCUT2D eigenvalue weighted by molar-refractivity contribution is 0.104. The minimum Gasteiger partial charge on any atom is -0.465 e. The van der Waals surface area contributed by atoms with Crippen molar-refractivity contribution in [1.29, 1.82) is 0 Å². The van der Waals surface area contributed by atoms with Gasteiger partial charge in [0.2, 0.25) is 0 Å². The molecule has 1 amide bonds. The summed E-state index contributed by atoms with van der Waals surface area (Å²) in [6, 6.07) is 8.74. The fourth-order valence-corrected chi connectivity index (χ4v) is 5.09. The van der Waals surface area contributed by atoms with Crippen LogP contribution in [0.3, 0.4) is 0 Å². The Morgan fingerprint density at radius 2 is 1.73 bits per heavy atom. The predicted octanol–water partition coefficient (Wildman–Crippen LogP) is 4.90. The van der Waals surface area contributed by atoms with E-state index in [9.17, 15) is 9.90 Å². The Balaban J connectivity index is 1.92. The van der Waals surface area contributed by atoms with Crippen LogP contribution in [0.25, 0.3) is 0 Å². The number of likely N-dealkylation sites (tertiary alicyclic amines) is 1. The largest absolute Gasteiger partial charge is 0.465 e. The maximum absolute atomic E-state index is 11.2. The number of benzene rings is 1. The van der Waals surface area contributed by atoms with Crippen molar-refractivity contribution >= 4 is 22.0 Å². The molecule has 1 atom stereocenters. The predicted molar refractivity (Wildman–Crippen MR) is 91.2 cm³/mol. The lowest BCUT2D eigenvalue weighted by atomic mass is 9.66. The number of carbonyl (C=O) groups is 1. The van der Waals surface area contributed by atoms with Gasteiger partial charge in [-0.25, -0.2) is 4.79 Å². The van der Waals surface area contributed by atoms with Gasteiger partial charge >= 0.3 is 6.09 Å². The normalized spacial score (nSPS) is 27.0. The number of rotatable bonds is 1. The fraction of sp³-hybridized carbons (Fsp3) is 0.611. The molecular formula is C18H24BrNO2. The van der Waals surface area contributed by atoms with Gasteiger partial charge in [-0.15, -0.1) is 0 Å². The topological polar surface area (TPSA) is 40.5 Å². The zero-order chi connectivity index (χ0) is 16.2. The van der Waals surface area contributed by atoms with Crippen LogP contribution in [0.2, 0.25) is 0 Å². The Bertz CT molecular complexity index is 582. The number of hydrogen-bond acceptors (Lipinski definition) is 1. The molecule has 1 heterocycles. The monoisotopic (exact) mass is 365 g/mol. The van der Waals surface area contributed by atoms with Crippen LogP contribution in [-0.2, 0) is 5.41 Å². The van der Waals surface area contributed by atoms with E-state index in [1.54, 1.807) is 4.90 Å². The molecule has 2 fully saturated rings. The standard InChI is InChI=1S/C18H24BrNO2/c1-16(2,3)18(13-4-6-14(19)7-5-13)12-17(18)8-10-20(11-9-17)15(21)22/h4-7H,8-12H2,1-3H3,(H,21,22). The zero-order valence-electron chi connectivity index (χ0n) is 13.5. The van der Waals surface area contributed by atoms with Gasteiger partial charge in [0.05, 0.1) is 0 Å². The molecule has 1 unspecified atom stereocenters. The first-order chi connectivity index (χ1) is 10.2. The van der Waals surface area contributed by atoms with E-state index in [2.05, 4.69) is 61.0 Å². The molecule has 1 N–H and O–H groups in total. The molecule has 1 saturated heterocycles. The van der Waals surface area contributed by atoms with Crippen molar-refractivity contribution in [2.24, 2.45) is 10.8 Å². The summed E-state index contributed by atoms with van der Waals surface area (Å²) < 4.78 is 1.11. The van der Waals surface area contributed by atoms with Gasteiger partial charge in [-0.3, -0.25) is 0 Å². The second-order valence-corrected chi connectivity index (χ2v) is 8.80. The molecule has 22 heavy (non-hydrogen) atoms. The lowest BCUT2D eigenvalue weighted by Gasteiger charge is -2.41. The Morgan fingerprint density at radius 1 is 1.18 bits per heavy atom. The molecule has 1 aromatic carbocycles. The first kappa shape index (κ1) is 15.9. The number of carboxylic acid groups (broad SMARTS) is 1. The van der Waals surface area contributed by atoms with E-state index < -0.39 is 6.09 Å². The molecule has 1 saturated carbocycles. The van der Waals surface area contributed by atoms with E-state index in [1.807, 2.05) is 0 Å². The number of nitrogens with zero attached hydrogens (tertiary/aromatic N) is 1. The van der Waals surface area contributed by atoms with Gasteiger partial charge < -0.3 is 10.0 Å². The molecule has 0 radical (unpaired) electrons. The van der Waals surface area contributed by atoms with E-state index >= 15 is 0 Å². The summed E-state index contributed by atoms with van der Waals surface area (Å²) in [5, 5.41) is 9.19. The number of halogens is 1. The van der Waals surface area contributed by atoms with Gasteiger partial charge in [0, 0.05) is 23.0 Å². The van der Waals surface area contributed by atoms with E-state index in [1.165, 1.54) is 12.0 Å². The summed E-state index contributed by atoms with van der Waals surface area (Å²) in [6.45, 7) is 8.32. The van der Waals surface area contributed by atoms with Crippen LogP contribution in [0.15, 0.2) is 28.7 Å². The molecular weight excluding hydrogens is 342 g/mol. The third kappa shape index (κ3) is 2.18. The average molecular weight is 366 g/mol. The van der Waals surface area contributed by atoms with E-state index in [4.69, 9.17) is 0 Å². The van der Waals surface area contributed by atoms with Crippen molar-refractivity contribution in [1.82, 2.24) is 4.90 Å². The average Bonchev–Trinajstić information content (AvgIpc) is 3.09. The first-order valence-electron chi connectivity index (χ1n) is 7.96. The van der Waals surface area contributed by atoms with Crippen LogP contribution < -0.4 is 0 Å². The van der Waals surface area contributed by atoms with Crippen LogP contribution in [0, 0.1) is 10.8 Å². The van der Waals surface area contributed by atoms with Gasteiger partial charge in [-0.05, 0) is 47.8 Å². The third-order valence-electron chi connectivity index (χ3n) is 5.99. The Morgan fingerprint density at radius 3 is 2.18 bits per heavy atom. The summed E-state index contributed by atoms with van der Waals surface area (Å²) in [6.07, 6.45) is 2.36. The van der Waals surface area contributed by atoms with Crippen LogP contribution >= 0.6 is 15.9 Å². The van der Waals surface area contributed by atoms with Gasteiger partial charge in [-0.2, -0.15) is 0 Å². The number of hydrogen-bond donors (Lipinski definition) is 1. The summed E-state index contributed by atoms with van der Waals surface area (Å²) >= 11 is 3.52. The molecule has 0 aromatic heterocycles. The van der Waals surface area contributed by atoms with Crippen molar-refractivity contribution in [3.05, 3.63) is 34.3 Å². The molecule has 3 nitrogen and oxygen atoms in total. The molecule has 120 valence electrons. The zero-order valence-corrected chi connectivity index (χ0v) is 15.1. The molecule has 1 aliphatic carbocycles. The highest BCUT2D eigenvalue weighted by molar-refractivity contribution is 9.10. The van der Waals surface area contributed by atoms with Gasteiger partial charge in [0.15, 0.2) is 0 Å². The molecule has 2 aliphatic rings. The summed E-state index contributed by atoms with van der Waals surface area (Å²) in [7, 11) is 0. The van der Waals surface area contributed by atoms with Crippen molar-refractivity contribution in [2.45, 2.75) is 45.4 Å². The molecule has 1 aromatic rings. The highest BCUT2D eigenvalue weighted by atomic mass is 79.9. The van der Waals surface area contributed by atoms with E-state index in [0.717, 1.165) is 17.3 Å². The number of piperidine rings is 1. The second kappa shape index (κ2) is 4.98. The highest BCUT2D eigenvalue weighted by Gasteiger charge is 2.72. The Hall–Kier alpha value is -1.03. The van der Waals surface area contributed by atoms with E-state index in [-0.39, 0.29) is 16.2 Å². The Labute approximate surface area is 140 Å². The van der Waals surface area contributed by atoms with Crippen molar-refractivity contribution in [2.75, 3.05) is 13.1 Å². The highest BCUT2D eigenvalue weighted by Crippen LogP contribution is 2.76. The molecule has 0 bridgehead atoms. The van der Waals surface area contributed by atoms with Crippen LogP contribution in [0.4, 0.5) is 4.79 Å². The smallest absolute Gasteiger partial charge is 0.407 e. The third-order valence-corrected chi connectivity index (χ3v) is 6.52. The maximum Gasteiger partial charge on any atom is 0.407 e. The quantitative estimate of drug-likeness (QED) is 0.768.